The predicted octanol–water partition coefficient (Wildman–Crippen LogP) is 4.06. The van der Waals surface area contributed by atoms with Crippen molar-refractivity contribution in [3.05, 3.63) is 107 Å². The molecule has 0 bridgehead atoms. The SMILES string of the molecule is O=C(O)C(Cc1[c]c(Cc2cccc(-c3cc[nH]n3)c2)ccc1)c1cccc(-c2nnn[nH]2)c1. The van der Waals surface area contributed by atoms with Gasteiger partial charge < -0.3 is 5.11 Å². The van der Waals surface area contributed by atoms with E-state index in [4.69, 9.17) is 0 Å². The molecule has 5 rings (SSSR count). The van der Waals surface area contributed by atoms with Gasteiger partial charge in [-0.25, -0.2) is 5.10 Å². The number of tetrazole rings is 1. The molecule has 0 amide bonds. The van der Waals surface area contributed by atoms with Crippen molar-refractivity contribution in [2.24, 2.45) is 0 Å². The minimum absolute atomic E-state index is 0.328. The van der Waals surface area contributed by atoms with E-state index in [1.54, 1.807) is 6.20 Å². The van der Waals surface area contributed by atoms with Crippen LogP contribution >= 0.6 is 0 Å². The van der Waals surface area contributed by atoms with Crippen molar-refractivity contribution in [1.29, 1.82) is 0 Å². The highest BCUT2D eigenvalue weighted by Gasteiger charge is 2.21. The van der Waals surface area contributed by atoms with Crippen LogP contribution in [0.1, 0.15) is 28.2 Å². The first-order valence-electron chi connectivity index (χ1n) is 10.8. The largest absolute Gasteiger partial charge is 0.481 e. The zero-order chi connectivity index (χ0) is 23.3. The van der Waals surface area contributed by atoms with Crippen LogP contribution in [0.2, 0.25) is 0 Å². The van der Waals surface area contributed by atoms with Gasteiger partial charge in [-0.15, -0.1) is 5.10 Å². The lowest BCUT2D eigenvalue weighted by Crippen LogP contribution is -2.15. The maximum Gasteiger partial charge on any atom is 0.311 e. The highest BCUT2D eigenvalue weighted by Crippen LogP contribution is 2.26. The minimum atomic E-state index is -0.890. The maximum atomic E-state index is 12.2. The van der Waals surface area contributed by atoms with Gasteiger partial charge in [0.05, 0.1) is 11.6 Å². The van der Waals surface area contributed by atoms with Crippen molar-refractivity contribution in [3.63, 3.8) is 0 Å². The van der Waals surface area contributed by atoms with Gasteiger partial charge in [-0.3, -0.25) is 9.89 Å². The second-order valence-electron chi connectivity index (χ2n) is 8.01. The first kappa shape index (κ1) is 21.3. The molecule has 3 aromatic carbocycles. The number of hydrogen-bond acceptors (Lipinski definition) is 5. The number of rotatable bonds is 8. The van der Waals surface area contributed by atoms with E-state index < -0.39 is 11.9 Å². The quantitative estimate of drug-likeness (QED) is 0.329. The average Bonchev–Trinajstić information content (AvgIpc) is 3.58. The Bertz CT molecular complexity index is 1400. The summed E-state index contributed by atoms with van der Waals surface area (Å²) in [5.41, 5.74) is 6.35. The van der Waals surface area contributed by atoms with Gasteiger partial charge in [0, 0.05) is 17.3 Å². The van der Waals surface area contributed by atoms with Crippen molar-refractivity contribution in [1.82, 2.24) is 30.8 Å². The fourth-order valence-electron chi connectivity index (χ4n) is 4.03. The van der Waals surface area contributed by atoms with Crippen molar-refractivity contribution in [2.75, 3.05) is 0 Å². The van der Waals surface area contributed by atoms with E-state index in [1.165, 1.54) is 0 Å². The molecule has 0 saturated heterocycles. The number of carbonyl (C=O) groups is 1. The van der Waals surface area contributed by atoms with Gasteiger partial charge in [0.15, 0.2) is 5.82 Å². The molecule has 34 heavy (non-hydrogen) atoms. The Morgan fingerprint density at radius 1 is 0.971 bits per heavy atom. The fourth-order valence-corrected chi connectivity index (χ4v) is 4.03. The van der Waals surface area contributed by atoms with Gasteiger partial charge in [0.2, 0.25) is 0 Å². The van der Waals surface area contributed by atoms with Crippen molar-refractivity contribution in [3.8, 4) is 22.6 Å². The van der Waals surface area contributed by atoms with E-state index in [9.17, 15) is 9.90 Å². The summed E-state index contributed by atoms with van der Waals surface area (Å²) in [6, 6.07) is 26.8. The number of benzene rings is 3. The molecule has 0 spiro atoms. The van der Waals surface area contributed by atoms with Crippen LogP contribution in [0, 0.1) is 6.07 Å². The molecule has 8 nitrogen and oxygen atoms in total. The molecular weight excluding hydrogens is 428 g/mol. The third-order valence-corrected chi connectivity index (χ3v) is 5.66. The standard InChI is InChI=1S/C26H21N6O2/c33-26(34)23(20-7-3-9-22(16-20)25-29-31-32-30-25)15-19-5-1-4-17(13-19)12-18-6-2-8-21(14-18)24-10-11-27-28-24/h1-11,14,16,23H,12,15H2,(H,27,28)(H,33,34)(H,29,30,31,32). The summed E-state index contributed by atoms with van der Waals surface area (Å²) in [6.45, 7) is 0. The van der Waals surface area contributed by atoms with Crippen LogP contribution in [-0.4, -0.2) is 41.9 Å². The van der Waals surface area contributed by atoms with Gasteiger partial charge in [0.25, 0.3) is 0 Å². The van der Waals surface area contributed by atoms with E-state index in [0.29, 0.717) is 24.2 Å². The molecule has 2 heterocycles. The number of H-pyrrole nitrogens is 2. The molecule has 0 aliphatic heterocycles. The van der Waals surface area contributed by atoms with Crippen LogP contribution in [0.4, 0.5) is 0 Å². The lowest BCUT2D eigenvalue weighted by atomic mass is 9.90. The molecule has 0 fully saturated rings. The Hall–Kier alpha value is -4.59. The summed E-state index contributed by atoms with van der Waals surface area (Å²) >= 11 is 0. The number of nitrogens with zero attached hydrogens (tertiary/aromatic N) is 4. The molecule has 8 heteroatoms. The lowest BCUT2D eigenvalue weighted by Gasteiger charge is -2.14. The third-order valence-electron chi connectivity index (χ3n) is 5.66. The van der Waals surface area contributed by atoms with Gasteiger partial charge in [-0.1, -0.05) is 54.6 Å². The Morgan fingerprint density at radius 3 is 2.59 bits per heavy atom. The number of aromatic amines is 2. The molecular formula is C26H21N6O2. The first-order chi connectivity index (χ1) is 16.7. The van der Waals surface area contributed by atoms with Crippen LogP contribution in [0.5, 0.6) is 0 Å². The number of nitrogens with one attached hydrogen (secondary N) is 2. The number of aromatic nitrogens is 6. The molecule has 3 N–H and O–H groups in total. The summed E-state index contributed by atoms with van der Waals surface area (Å²) in [5.74, 6) is -1.11. The second-order valence-corrected chi connectivity index (χ2v) is 8.01. The van der Waals surface area contributed by atoms with E-state index in [1.807, 2.05) is 60.7 Å². The minimum Gasteiger partial charge on any atom is -0.481 e. The van der Waals surface area contributed by atoms with Crippen molar-refractivity contribution < 1.29 is 9.90 Å². The van der Waals surface area contributed by atoms with Crippen molar-refractivity contribution in [2.45, 2.75) is 18.8 Å². The van der Waals surface area contributed by atoms with Gasteiger partial charge in [0.1, 0.15) is 0 Å². The topological polar surface area (TPSA) is 120 Å². The summed E-state index contributed by atoms with van der Waals surface area (Å²) in [7, 11) is 0. The summed E-state index contributed by atoms with van der Waals surface area (Å²) < 4.78 is 0. The highest BCUT2D eigenvalue weighted by molar-refractivity contribution is 5.77. The molecule has 2 aromatic heterocycles. The summed E-state index contributed by atoms with van der Waals surface area (Å²) in [5, 5.41) is 30.9. The third kappa shape index (κ3) is 4.75. The highest BCUT2D eigenvalue weighted by atomic mass is 16.4. The summed E-state index contributed by atoms with van der Waals surface area (Å²) in [6.07, 6.45) is 2.82. The van der Waals surface area contributed by atoms with Gasteiger partial charge in [-0.05, 0) is 69.8 Å². The van der Waals surface area contributed by atoms with Crippen LogP contribution in [0.15, 0.2) is 79.0 Å². The van der Waals surface area contributed by atoms with Crippen LogP contribution in [0.3, 0.4) is 0 Å². The van der Waals surface area contributed by atoms with E-state index in [2.05, 4.69) is 49.0 Å². The van der Waals surface area contributed by atoms with Gasteiger partial charge in [-0.2, -0.15) is 5.10 Å². The molecule has 167 valence electrons. The smallest absolute Gasteiger partial charge is 0.311 e. The molecule has 1 radical (unpaired) electrons. The maximum absolute atomic E-state index is 12.2. The van der Waals surface area contributed by atoms with Crippen molar-refractivity contribution >= 4 is 5.97 Å². The number of carboxylic acid groups (broad SMARTS) is 1. The average molecular weight is 449 g/mol. The fraction of sp³-hybridized carbons (Fsp3) is 0.115. The zero-order valence-electron chi connectivity index (χ0n) is 18.1. The molecule has 1 unspecified atom stereocenters. The number of hydrogen-bond donors (Lipinski definition) is 3. The second kappa shape index (κ2) is 9.50. The van der Waals surface area contributed by atoms with Gasteiger partial charge >= 0.3 is 5.97 Å². The van der Waals surface area contributed by atoms with Crippen LogP contribution in [-0.2, 0) is 17.6 Å². The van der Waals surface area contributed by atoms with Crippen LogP contribution < -0.4 is 0 Å². The first-order valence-corrected chi connectivity index (χ1v) is 10.8. The monoisotopic (exact) mass is 449 g/mol. The molecule has 0 aliphatic rings. The van der Waals surface area contributed by atoms with E-state index in [-0.39, 0.29) is 0 Å². The number of aliphatic carboxylic acids is 1. The molecule has 0 aliphatic carbocycles. The predicted molar refractivity (Wildman–Crippen MR) is 126 cm³/mol. The summed E-state index contributed by atoms with van der Waals surface area (Å²) in [4.78, 5) is 12.2. The van der Waals surface area contributed by atoms with Crippen LogP contribution in [0.25, 0.3) is 22.6 Å². The Balaban J connectivity index is 1.36. The Labute approximate surface area is 195 Å². The van der Waals surface area contributed by atoms with E-state index in [0.717, 1.165) is 33.5 Å². The number of carboxylic acids is 1. The molecule has 1 atom stereocenters. The Morgan fingerprint density at radius 2 is 1.79 bits per heavy atom. The molecule has 0 saturated carbocycles. The van der Waals surface area contributed by atoms with E-state index >= 15 is 0 Å². The normalized spacial score (nSPS) is 11.9. The Kier molecular flexibility index (Phi) is 5.94. The zero-order valence-corrected chi connectivity index (χ0v) is 18.1. The molecule has 5 aromatic rings. The lowest BCUT2D eigenvalue weighted by molar-refractivity contribution is -0.138.